The van der Waals surface area contributed by atoms with E-state index in [0.29, 0.717) is 29.0 Å². The molecular formula is C29H23Cl2NO2. The maximum atomic E-state index is 13.5. The lowest BCUT2D eigenvalue weighted by Gasteiger charge is -2.25. The molecule has 1 aliphatic carbocycles. The molecule has 1 aliphatic heterocycles. The van der Waals surface area contributed by atoms with E-state index in [9.17, 15) is 4.79 Å². The van der Waals surface area contributed by atoms with Gasteiger partial charge in [-0.15, -0.1) is 0 Å². The van der Waals surface area contributed by atoms with Crippen molar-refractivity contribution < 1.29 is 9.53 Å². The topological polar surface area (TPSA) is 39.2 Å². The fraction of sp³-hybridized carbons (Fsp3) is 0.241. The summed E-state index contributed by atoms with van der Waals surface area (Å²) in [6, 6.07) is 19.7. The number of Topliss-reactive ketones (excluding diaryl/α,β-unsaturated/α-hetero) is 1. The smallest absolute Gasteiger partial charge is 0.145 e. The van der Waals surface area contributed by atoms with E-state index < -0.39 is 0 Å². The summed E-state index contributed by atoms with van der Waals surface area (Å²) in [6.07, 6.45) is 5.31. The Morgan fingerprint density at radius 2 is 1.76 bits per heavy atom. The molecule has 1 atom stereocenters. The molecule has 6 rings (SSSR count). The van der Waals surface area contributed by atoms with Gasteiger partial charge in [0.05, 0.1) is 12.1 Å². The van der Waals surface area contributed by atoms with E-state index in [4.69, 9.17) is 32.9 Å². The second kappa shape index (κ2) is 8.72. The highest BCUT2D eigenvalue weighted by Crippen LogP contribution is 2.46. The van der Waals surface area contributed by atoms with Crippen molar-refractivity contribution in [1.82, 2.24) is 4.98 Å². The van der Waals surface area contributed by atoms with Gasteiger partial charge in [0.2, 0.25) is 0 Å². The number of rotatable bonds is 5. The van der Waals surface area contributed by atoms with Crippen LogP contribution in [-0.4, -0.2) is 17.4 Å². The molecule has 0 spiro atoms. The van der Waals surface area contributed by atoms with Crippen LogP contribution in [0, 0.1) is 0 Å². The molecule has 0 saturated heterocycles. The number of fused-ring (bicyclic) bond motifs is 2. The van der Waals surface area contributed by atoms with Gasteiger partial charge >= 0.3 is 0 Å². The molecule has 1 aromatic heterocycles. The number of ether oxygens (including phenoxy) is 1. The summed E-state index contributed by atoms with van der Waals surface area (Å²) >= 11 is 12.6. The van der Waals surface area contributed by atoms with Crippen LogP contribution >= 0.6 is 23.2 Å². The number of benzene rings is 3. The largest absolute Gasteiger partial charge is 0.493 e. The third kappa shape index (κ3) is 3.97. The molecule has 0 N–H and O–H groups in total. The normalized spacial score (nSPS) is 17.3. The Hall–Kier alpha value is -2.88. The maximum absolute atomic E-state index is 13.5. The zero-order valence-corrected chi connectivity index (χ0v) is 20.1. The molecule has 0 amide bonds. The van der Waals surface area contributed by atoms with Crippen molar-refractivity contribution in [2.75, 3.05) is 6.61 Å². The molecule has 170 valence electrons. The lowest BCUT2D eigenvalue weighted by Crippen LogP contribution is -2.23. The van der Waals surface area contributed by atoms with Gasteiger partial charge in [0, 0.05) is 45.1 Å². The van der Waals surface area contributed by atoms with Gasteiger partial charge in [-0.25, -0.2) is 0 Å². The number of carbonyl (C=O) groups excluding carboxylic acids is 1. The van der Waals surface area contributed by atoms with Crippen molar-refractivity contribution in [3.63, 3.8) is 0 Å². The van der Waals surface area contributed by atoms with Gasteiger partial charge in [-0.3, -0.25) is 9.78 Å². The van der Waals surface area contributed by atoms with Crippen LogP contribution in [0.1, 0.15) is 47.8 Å². The SMILES string of the molecule is O=C(Cc1cnc2c(-c3cc(Cl)cc(Cl)c3)cccc2c1C1CC1)[C@@H]1CCOc2ccccc21. The quantitative estimate of drug-likeness (QED) is 0.288. The third-order valence-corrected chi connectivity index (χ3v) is 7.33. The van der Waals surface area contributed by atoms with Gasteiger partial charge < -0.3 is 4.74 Å². The van der Waals surface area contributed by atoms with Crippen LogP contribution in [0.25, 0.3) is 22.0 Å². The highest BCUT2D eigenvalue weighted by molar-refractivity contribution is 6.35. The Labute approximate surface area is 208 Å². The molecule has 34 heavy (non-hydrogen) atoms. The van der Waals surface area contributed by atoms with Crippen LogP contribution in [0.2, 0.25) is 10.0 Å². The van der Waals surface area contributed by atoms with E-state index in [1.54, 1.807) is 6.07 Å². The monoisotopic (exact) mass is 487 g/mol. The fourth-order valence-electron chi connectivity index (χ4n) is 5.21. The molecule has 0 radical (unpaired) electrons. The highest BCUT2D eigenvalue weighted by atomic mass is 35.5. The molecule has 3 aromatic carbocycles. The van der Waals surface area contributed by atoms with E-state index in [1.807, 2.05) is 42.6 Å². The van der Waals surface area contributed by atoms with Crippen molar-refractivity contribution >= 4 is 39.9 Å². The van der Waals surface area contributed by atoms with Crippen molar-refractivity contribution in [1.29, 1.82) is 0 Å². The summed E-state index contributed by atoms with van der Waals surface area (Å²) in [5, 5.41) is 2.32. The molecule has 1 fully saturated rings. The first-order valence-electron chi connectivity index (χ1n) is 11.7. The Bertz CT molecular complexity index is 1410. The Morgan fingerprint density at radius 1 is 0.971 bits per heavy atom. The summed E-state index contributed by atoms with van der Waals surface area (Å²) in [5.74, 6) is 1.41. The van der Waals surface area contributed by atoms with Crippen molar-refractivity contribution in [2.24, 2.45) is 0 Å². The predicted molar refractivity (Wildman–Crippen MR) is 137 cm³/mol. The first kappa shape index (κ1) is 21.6. The van der Waals surface area contributed by atoms with Crippen LogP contribution in [0.15, 0.2) is 66.9 Å². The van der Waals surface area contributed by atoms with Crippen LogP contribution in [0.3, 0.4) is 0 Å². The van der Waals surface area contributed by atoms with Gasteiger partial charge in [0.15, 0.2) is 0 Å². The van der Waals surface area contributed by atoms with Gasteiger partial charge in [0.25, 0.3) is 0 Å². The summed E-state index contributed by atoms with van der Waals surface area (Å²) < 4.78 is 5.77. The highest BCUT2D eigenvalue weighted by Gasteiger charge is 2.32. The Balaban J connectivity index is 1.41. The average molecular weight is 488 g/mol. The summed E-state index contributed by atoms with van der Waals surface area (Å²) in [5.41, 5.74) is 6.19. The van der Waals surface area contributed by atoms with E-state index in [2.05, 4.69) is 18.2 Å². The molecule has 3 nitrogen and oxygen atoms in total. The second-order valence-corrected chi connectivity index (χ2v) is 10.1. The van der Waals surface area contributed by atoms with Crippen molar-refractivity contribution in [3.05, 3.63) is 93.6 Å². The second-order valence-electron chi connectivity index (χ2n) is 9.20. The average Bonchev–Trinajstić information content (AvgIpc) is 3.67. The van der Waals surface area contributed by atoms with Crippen molar-refractivity contribution in [3.8, 4) is 16.9 Å². The van der Waals surface area contributed by atoms with Crippen LogP contribution < -0.4 is 4.74 Å². The van der Waals surface area contributed by atoms with Crippen LogP contribution in [0.5, 0.6) is 5.75 Å². The number of carbonyl (C=O) groups is 1. The first-order chi connectivity index (χ1) is 16.6. The molecule has 1 saturated carbocycles. The summed E-state index contributed by atoms with van der Waals surface area (Å²) in [4.78, 5) is 18.4. The van der Waals surface area contributed by atoms with E-state index in [-0.39, 0.29) is 11.7 Å². The van der Waals surface area contributed by atoms with Gasteiger partial charge in [0.1, 0.15) is 11.5 Å². The number of hydrogen-bond donors (Lipinski definition) is 0. The Morgan fingerprint density at radius 3 is 2.56 bits per heavy atom. The minimum atomic E-state index is -0.132. The van der Waals surface area contributed by atoms with Crippen molar-refractivity contribution in [2.45, 2.75) is 37.5 Å². The summed E-state index contributed by atoms with van der Waals surface area (Å²) in [6.45, 7) is 0.574. The minimum Gasteiger partial charge on any atom is -0.493 e. The molecule has 0 unspecified atom stereocenters. The standard InChI is InChI=1S/C29H23Cl2NO2/c30-20-12-18(13-21(31)15-20)22-5-3-6-25-28(17-8-9-17)19(16-32-29(22)25)14-26(33)23-10-11-34-27-7-2-1-4-24(23)27/h1-7,12-13,15-17,23H,8-11,14H2/t23-/m1/s1. The molecule has 2 heterocycles. The molecular weight excluding hydrogens is 465 g/mol. The zero-order chi connectivity index (χ0) is 23.2. The number of aromatic nitrogens is 1. The number of nitrogens with zero attached hydrogens (tertiary/aromatic N) is 1. The van der Waals surface area contributed by atoms with Gasteiger partial charge in [-0.2, -0.15) is 0 Å². The van der Waals surface area contributed by atoms with E-state index in [1.165, 1.54) is 5.56 Å². The fourth-order valence-corrected chi connectivity index (χ4v) is 5.74. The maximum Gasteiger partial charge on any atom is 0.145 e. The molecule has 5 heteroatoms. The predicted octanol–water partition coefficient (Wildman–Crippen LogP) is 7.76. The molecule has 4 aromatic rings. The number of pyridine rings is 1. The van der Waals surface area contributed by atoms with Gasteiger partial charge in [-0.1, -0.05) is 59.6 Å². The lowest BCUT2D eigenvalue weighted by atomic mass is 9.85. The minimum absolute atomic E-state index is 0.132. The number of para-hydroxylation sites is 2. The van der Waals surface area contributed by atoms with Gasteiger partial charge in [-0.05, 0) is 66.1 Å². The third-order valence-electron chi connectivity index (χ3n) is 6.89. The number of halogens is 2. The Kier molecular flexibility index (Phi) is 5.55. The van der Waals surface area contributed by atoms with E-state index in [0.717, 1.165) is 58.2 Å². The zero-order valence-electron chi connectivity index (χ0n) is 18.6. The number of hydrogen-bond acceptors (Lipinski definition) is 3. The molecule has 2 aliphatic rings. The van der Waals surface area contributed by atoms with E-state index >= 15 is 0 Å². The first-order valence-corrected chi connectivity index (χ1v) is 12.5. The van der Waals surface area contributed by atoms with Crippen LogP contribution in [-0.2, 0) is 11.2 Å². The summed E-state index contributed by atoms with van der Waals surface area (Å²) in [7, 11) is 0. The lowest BCUT2D eigenvalue weighted by molar-refractivity contribution is -0.120. The molecule has 0 bridgehead atoms. The number of ketones is 1. The van der Waals surface area contributed by atoms with Crippen LogP contribution in [0.4, 0.5) is 0 Å².